The number of anilines is 3. The molecule has 0 spiro atoms. The number of carbonyl (C=O) groups excluding carboxylic acids is 2. The van der Waals surface area contributed by atoms with Gasteiger partial charge in [-0.15, -0.1) is 0 Å². The number of benzene rings is 3. The molecule has 0 unspecified atom stereocenters. The van der Waals surface area contributed by atoms with Crippen LogP contribution in [0.2, 0.25) is 0 Å². The molecule has 1 aromatic heterocycles. The van der Waals surface area contributed by atoms with E-state index >= 15 is 0 Å². The largest absolute Gasteiger partial charge is 0.395 e. The molecule has 6 nitrogen and oxygen atoms in total. The highest BCUT2D eigenvalue weighted by molar-refractivity contribution is 5.98. The first-order valence-electron chi connectivity index (χ1n) is 12.0. The number of aromatic nitrogens is 1. The van der Waals surface area contributed by atoms with Gasteiger partial charge in [0.25, 0.3) is 0 Å². The minimum atomic E-state index is 0.0625. The van der Waals surface area contributed by atoms with E-state index in [1.807, 2.05) is 115 Å². The Morgan fingerprint density at radius 2 is 1.36 bits per heavy atom. The van der Waals surface area contributed by atoms with Crippen LogP contribution in [0.3, 0.4) is 0 Å². The molecular weight excluding hydrogens is 450 g/mol. The molecule has 6 heteroatoms. The molecule has 0 saturated heterocycles. The number of carbonyl (C=O) groups is 2. The fourth-order valence-corrected chi connectivity index (χ4v) is 4.07. The van der Waals surface area contributed by atoms with Crippen molar-refractivity contribution in [3.05, 3.63) is 114 Å². The SMILES string of the molecule is CN(CCO)c1ccc(C(=O)Cc2ccc(Nc3ccc(CC(=O)c4cccn4C)cc3)cc2)cc1. The van der Waals surface area contributed by atoms with Crippen LogP contribution in [-0.4, -0.2) is 41.4 Å². The van der Waals surface area contributed by atoms with Gasteiger partial charge in [-0.1, -0.05) is 24.3 Å². The zero-order valence-corrected chi connectivity index (χ0v) is 20.6. The number of likely N-dealkylation sites (N-methyl/N-ethyl adjacent to an activating group) is 1. The van der Waals surface area contributed by atoms with Crippen LogP contribution >= 0.6 is 0 Å². The van der Waals surface area contributed by atoms with Crippen molar-refractivity contribution in [2.45, 2.75) is 12.8 Å². The topological polar surface area (TPSA) is 74.6 Å². The molecule has 1 heterocycles. The van der Waals surface area contributed by atoms with Gasteiger partial charge >= 0.3 is 0 Å². The fourth-order valence-electron chi connectivity index (χ4n) is 4.07. The van der Waals surface area contributed by atoms with Crippen molar-refractivity contribution in [3.8, 4) is 0 Å². The third-order valence-electron chi connectivity index (χ3n) is 6.22. The molecule has 0 saturated carbocycles. The summed E-state index contributed by atoms with van der Waals surface area (Å²) in [5, 5.41) is 12.4. The van der Waals surface area contributed by atoms with Gasteiger partial charge in [-0.05, 0) is 71.8 Å². The molecule has 0 atom stereocenters. The van der Waals surface area contributed by atoms with Crippen molar-refractivity contribution in [3.63, 3.8) is 0 Å². The van der Waals surface area contributed by atoms with Gasteiger partial charge < -0.3 is 19.9 Å². The van der Waals surface area contributed by atoms with Crippen LogP contribution in [0, 0.1) is 0 Å². The van der Waals surface area contributed by atoms with Crippen molar-refractivity contribution in [2.75, 3.05) is 30.4 Å². The summed E-state index contributed by atoms with van der Waals surface area (Å²) in [5.41, 5.74) is 6.11. The Labute approximate surface area is 211 Å². The highest BCUT2D eigenvalue weighted by Gasteiger charge is 2.11. The first kappa shape index (κ1) is 24.9. The predicted molar refractivity (Wildman–Crippen MR) is 144 cm³/mol. The average molecular weight is 482 g/mol. The quantitative estimate of drug-likeness (QED) is 0.293. The molecule has 36 heavy (non-hydrogen) atoms. The Morgan fingerprint density at radius 1 is 0.806 bits per heavy atom. The van der Waals surface area contributed by atoms with Gasteiger partial charge in [0.15, 0.2) is 11.6 Å². The number of ketones is 2. The Bertz CT molecular complexity index is 1310. The normalized spacial score (nSPS) is 10.8. The second kappa shape index (κ2) is 11.5. The average Bonchev–Trinajstić information content (AvgIpc) is 3.32. The monoisotopic (exact) mass is 481 g/mol. The summed E-state index contributed by atoms with van der Waals surface area (Å²) in [7, 11) is 3.78. The first-order valence-corrected chi connectivity index (χ1v) is 12.0. The molecule has 2 N–H and O–H groups in total. The standard InChI is InChI=1S/C30H31N3O3/c1-32(18-19-34)27-15-9-24(10-16-27)29(35)20-22-5-11-25(12-6-22)31-26-13-7-23(8-14-26)21-30(36)28-4-3-17-33(28)2/h3-17,31,34H,18-21H2,1-2H3. The molecule has 0 aliphatic heterocycles. The molecule has 0 radical (unpaired) electrons. The molecule has 0 amide bonds. The number of rotatable bonds is 11. The molecular formula is C30H31N3O3. The summed E-state index contributed by atoms with van der Waals surface area (Å²) in [5.74, 6) is 0.158. The number of nitrogens with one attached hydrogen (secondary N) is 1. The number of Topliss-reactive ketones (excluding diaryl/α,β-unsaturated/α-hetero) is 2. The fraction of sp³-hybridized carbons (Fsp3) is 0.200. The smallest absolute Gasteiger partial charge is 0.183 e. The van der Waals surface area contributed by atoms with Crippen molar-refractivity contribution in [2.24, 2.45) is 7.05 Å². The molecule has 4 rings (SSSR count). The summed E-state index contributed by atoms with van der Waals surface area (Å²) in [4.78, 5) is 27.1. The number of hydrogen-bond donors (Lipinski definition) is 2. The Morgan fingerprint density at radius 3 is 1.86 bits per heavy atom. The van der Waals surface area contributed by atoms with Gasteiger partial charge in [-0.3, -0.25) is 9.59 Å². The zero-order chi connectivity index (χ0) is 25.5. The lowest BCUT2D eigenvalue weighted by atomic mass is 10.0. The summed E-state index contributed by atoms with van der Waals surface area (Å²) >= 11 is 0. The van der Waals surface area contributed by atoms with E-state index in [2.05, 4.69) is 5.32 Å². The second-order valence-electron chi connectivity index (χ2n) is 8.92. The zero-order valence-electron chi connectivity index (χ0n) is 20.6. The molecule has 0 fully saturated rings. The summed E-state index contributed by atoms with van der Waals surface area (Å²) in [6, 6.07) is 26.9. The van der Waals surface area contributed by atoms with Crippen LogP contribution in [0.4, 0.5) is 17.1 Å². The van der Waals surface area contributed by atoms with Crippen LogP contribution in [0.1, 0.15) is 32.0 Å². The van der Waals surface area contributed by atoms with E-state index < -0.39 is 0 Å². The number of aryl methyl sites for hydroxylation is 1. The summed E-state index contributed by atoms with van der Waals surface area (Å²) < 4.78 is 1.84. The van der Waals surface area contributed by atoms with Gasteiger partial charge in [0, 0.05) is 62.3 Å². The van der Waals surface area contributed by atoms with Gasteiger partial charge in [0.1, 0.15) is 0 Å². The van der Waals surface area contributed by atoms with Crippen LogP contribution in [0.15, 0.2) is 91.1 Å². The van der Waals surface area contributed by atoms with Crippen LogP contribution in [0.25, 0.3) is 0 Å². The van der Waals surface area contributed by atoms with E-state index in [9.17, 15) is 9.59 Å². The molecule has 0 aliphatic rings. The Balaban J connectivity index is 1.31. The number of hydrogen-bond acceptors (Lipinski definition) is 5. The van der Waals surface area contributed by atoms with E-state index in [1.165, 1.54) is 0 Å². The molecule has 0 aliphatic carbocycles. The lowest BCUT2D eigenvalue weighted by Gasteiger charge is -2.17. The number of aliphatic hydroxyl groups is 1. The summed E-state index contributed by atoms with van der Waals surface area (Å²) in [6.07, 6.45) is 2.57. The van der Waals surface area contributed by atoms with Gasteiger partial charge in [0.05, 0.1) is 12.3 Å². The summed E-state index contributed by atoms with van der Waals surface area (Å²) in [6.45, 7) is 0.634. The first-order chi connectivity index (χ1) is 17.4. The van der Waals surface area contributed by atoms with Crippen molar-refractivity contribution in [1.29, 1.82) is 0 Å². The number of nitrogens with zero attached hydrogens (tertiary/aromatic N) is 2. The van der Waals surface area contributed by atoms with E-state index in [-0.39, 0.29) is 18.2 Å². The van der Waals surface area contributed by atoms with Crippen LogP contribution < -0.4 is 10.2 Å². The maximum absolute atomic E-state index is 12.7. The molecule has 3 aromatic carbocycles. The number of aliphatic hydroxyl groups excluding tert-OH is 1. The van der Waals surface area contributed by atoms with Crippen LogP contribution in [0.5, 0.6) is 0 Å². The van der Waals surface area contributed by atoms with Gasteiger partial charge in [-0.25, -0.2) is 0 Å². The highest BCUT2D eigenvalue weighted by Crippen LogP contribution is 2.20. The van der Waals surface area contributed by atoms with E-state index in [4.69, 9.17) is 5.11 Å². The molecule has 0 bridgehead atoms. The van der Waals surface area contributed by atoms with Crippen molar-refractivity contribution < 1.29 is 14.7 Å². The van der Waals surface area contributed by atoms with Crippen molar-refractivity contribution >= 4 is 28.6 Å². The second-order valence-corrected chi connectivity index (χ2v) is 8.92. The molecule has 4 aromatic rings. The Hall–Kier alpha value is -4.16. The predicted octanol–water partition coefficient (Wildman–Crippen LogP) is 5.05. The maximum atomic E-state index is 12.7. The van der Waals surface area contributed by atoms with Crippen LogP contribution in [-0.2, 0) is 19.9 Å². The van der Waals surface area contributed by atoms with E-state index in [0.717, 1.165) is 28.2 Å². The maximum Gasteiger partial charge on any atom is 0.183 e. The third kappa shape index (κ3) is 6.29. The minimum Gasteiger partial charge on any atom is -0.395 e. The third-order valence-corrected chi connectivity index (χ3v) is 6.22. The minimum absolute atomic E-state index is 0.0625. The lowest BCUT2D eigenvalue weighted by Crippen LogP contribution is -2.21. The van der Waals surface area contributed by atoms with E-state index in [1.54, 1.807) is 0 Å². The Kier molecular flexibility index (Phi) is 7.98. The van der Waals surface area contributed by atoms with Gasteiger partial charge in [0.2, 0.25) is 0 Å². The van der Waals surface area contributed by atoms with Crippen molar-refractivity contribution in [1.82, 2.24) is 4.57 Å². The molecule has 184 valence electrons. The lowest BCUT2D eigenvalue weighted by molar-refractivity contribution is 0.0980. The van der Waals surface area contributed by atoms with Gasteiger partial charge in [-0.2, -0.15) is 0 Å². The van der Waals surface area contributed by atoms with E-state index in [0.29, 0.717) is 30.6 Å². The highest BCUT2D eigenvalue weighted by atomic mass is 16.3.